The molecule has 9 rings (SSSR count). The van der Waals surface area contributed by atoms with Crippen molar-refractivity contribution < 1.29 is 43.0 Å². The molecule has 0 amide bonds. The average Bonchev–Trinajstić information content (AvgIpc) is 3.79. The maximum absolute atomic E-state index is 12.0. The summed E-state index contributed by atoms with van der Waals surface area (Å²) in [6.45, 7) is 0. The number of rotatable bonds is 2. The van der Waals surface area contributed by atoms with Crippen LogP contribution in [-0.2, 0) is 37.3 Å². The molecule has 1 aromatic heterocycles. The molecule has 4 aliphatic rings. The van der Waals surface area contributed by atoms with Crippen LogP contribution in [0.25, 0.3) is 16.1 Å². The monoisotopic (exact) mass is 735 g/mol. The summed E-state index contributed by atoms with van der Waals surface area (Å²) >= 11 is 0. The van der Waals surface area contributed by atoms with Gasteiger partial charge in [-0.05, 0) is 64.6 Å². The Balaban J connectivity index is 0.00000348. The maximum atomic E-state index is 12.0. The van der Waals surface area contributed by atoms with Gasteiger partial charge in [0.2, 0.25) is 0 Å². The molecule has 0 saturated carbocycles. The van der Waals surface area contributed by atoms with Gasteiger partial charge in [0.05, 0.1) is 21.5 Å². The van der Waals surface area contributed by atoms with Crippen molar-refractivity contribution in [3.8, 4) is 0 Å². The van der Waals surface area contributed by atoms with Gasteiger partial charge in [-0.3, -0.25) is 9.98 Å². The number of amidine groups is 4. The molecule has 4 aliphatic heterocycles. The number of aliphatic imine (C=N–C) groups is 4. The van der Waals surface area contributed by atoms with Crippen molar-refractivity contribution in [3.63, 3.8) is 0 Å². The summed E-state index contributed by atoms with van der Waals surface area (Å²) in [6.07, 6.45) is -1.63. The Morgan fingerprint density at radius 1 is 0.531 bits per heavy atom. The molecule has 14 nitrogen and oxygen atoms in total. The second kappa shape index (κ2) is 11.0. The first kappa shape index (κ1) is 31.3. The summed E-state index contributed by atoms with van der Waals surface area (Å²) in [5, 5.41) is 6.05. The van der Waals surface area contributed by atoms with Crippen molar-refractivity contribution in [2.75, 3.05) is 0 Å². The topological polar surface area (TPSA) is 217 Å². The van der Waals surface area contributed by atoms with E-state index in [1.165, 1.54) is 36.4 Å². The standard InChI is InChI=1S/C32H18N8O6S2.Cu/c41-47(42,43)15-9-11-21-23(13-15)32-38-28-20-8-4-2-6-18(20)26(34-28)36-30-22-12-10-16(48(44,45)46)14-24(22)31(40-30)37-27-19-7-3-1-5-17(19)25(33-27)35-29(21)39-32;/h1-14,25,27H,(H2-,34,35,36,37,38,39,40,41,42,43,44,45,46);/q-2;+2/p-2. The zero-order valence-corrected chi connectivity index (χ0v) is 27.0. The van der Waals surface area contributed by atoms with E-state index in [9.17, 15) is 25.9 Å². The second-order valence-electron chi connectivity index (χ2n) is 11.2. The van der Waals surface area contributed by atoms with Crippen LogP contribution in [0.2, 0.25) is 0 Å². The zero-order valence-electron chi connectivity index (χ0n) is 24.4. The molecular weight excluding hydrogens is 720 g/mol. The molecule has 0 N–H and O–H groups in total. The van der Waals surface area contributed by atoms with Crippen LogP contribution >= 0.6 is 0 Å². The van der Waals surface area contributed by atoms with Crippen LogP contribution in [0, 0.1) is 0 Å². The van der Waals surface area contributed by atoms with Crippen molar-refractivity contribution in [3.05, 3.63) is 135 Å². The van der Waals surface area contributed by atoms with E-state index in [-0.39, 0.29) is 57.0 Å². The number of hydrogen-bond donors (Lipinski definition) is 0. The molecule has 2 atom stereocenters. The summed E-state index contributed by atoms with van der Waals surface area (Å²) in [7, 11) is -9.59. The quantitative estimate of drug-likeness (QED) is 0.195. The summed E-state index contributed by atoms with van der Waals surface area (Å²) in [5.74, 6) is 0.601. The number of benzene rings is 4. The van der Waals surface area contributed by atoms with E-state index in [1.807, 2.05) is 24.3 Å². The van der Waals surface area contributed by atoms with E-state index in [0.29, 0.717) is 33.0 Å². The van der Waals surface area contributed by atoms with Crippen LogP contribution in [0.1, 0.15) is 45.7 Å². The van der Waals surface area contributed by atoms with Crippen LogP contribution in [-0.4, -0.2) is 49.3 Å². The smallest absolute Gasteiger partial charge is 0.744 e. The molecule has 0 saturated heterocycles. The van der Waals surface area contributed by atoms with E-state index in [4.69, 9.17) is 25.3 Å². The first-order valence-electron chi connectivity index (χ1n) is 14.3. The molecular formula is C32H16CuN8O6S2-2. The molecule has 1 radical (unpaired) electrons. The minimum Gasteiger partial charge on any atom is -0.744 e. The first-order chi connectivity index (χ1) is 23.0. The van der Waals surface area contributed by atoms with Gasteiger partial charge in [0.25, 0.3) is 0 Å². The predicted octanol–water partition coefficient (Wildman–Crippen LogP) is 2.35. The van der Waals surface area contributed by atoms with Gasteiger partial charge in [0.1, 0.15) is 20.2 Å². The fraction of sp³-hybridized carbons (Fsp3) is 0.0625. The Hall–Kier alpha value is -5.00. The molecule has 0 fully saturated rings. The Morgan fingerprint density at radius 3 is 1.47 bits per heavy atom. The minimum atomic E-state index is -4.80. The third kappa shape index (κ3) is 5.10. The molecule has 8 bridgehead atoms. The van der Waals surface area contributed by atoms with Gasteiger partial charge < -0.3 is 29.4 Å². The minimum absolute atomic E-state index is 0. The van der Waals surface area contributed by atoms with E-state index in [0.717, 1.165) is 5.56 Å². The van der Waals surface area contributed by atoms with Gasteiger partial charge in [-0.25, -0.2) is 26.8 Å². The van der Waals surface area contributed by atoms with Crippen LogP contribution in [0.15, 0.2) is 125 Å². The van der Waals surface area contributed by atoms with Gasteiger partial charge in [0.15, 0.2) is 11.7 Å². The molecule has 245 valence electrons. The van der Waals surface area contributed by atoms with Gasteiger partial charge in [-0.15, -0.1) is 0 Å². The van der Waals surface area contributed by atoms with E-state index < -0.39 is 42.4 Å². The summed E-state index contributed by atoms with van der Waals surface area (Å²) in [5.41, 5.74) is 3.34. The molecule has 2 unspecified atom stereocenters. The van der Waals surface area contributed by atoms with Gasteiger partial charge in [-0.2, -0.15) is 0 Å². The van der Waals surface area contributed by atoms with Gasteiger partial charge >= 0.3 is 17.1 Å². The van der Waals surface area contributed by atoms with Crippen LogP contribution in [0.4, 0.5) is 0 Å². The molecule has 49 heavy (non-hydrogen) atoms. The van der Waals surface area contributed by atoms with Crippen LogP contribution in [0.3, 0.4) is 0 Å². The van der Waals surface area contributed by atoms with E-state index in [2.05, 4.69) is 15.0 Å². The Kier molecular flexibility index (Phi) is 7.03. The molecule has 4 aromatic carbocycles. The van der Waals surface area contributed by atoms with Gasteiger partial charge in [0, 0.05) is 33.2 Å². The van der Waals surface area contributed by atoms with E-state index in [1.54, 1.807) is 24.3 Å². The second-order valence-corrected chi connectivity index (χ2v) is 13.9. The SMILES string of the molecule is O=S(=O)([O-])c1ccc2c(c1)C1=N/C2=N\C2[N-]C(/N=C3\N=C(N=c4[n-]c(c5ccccc45)=N1)c1ccc(S(=O)(=O)[O-])cc13)c1ccccc12.[Cu+2]. The van der Waals surface area contributed by atoms with Crippen LogP contribution in [0.5, 0.6) is 0 Å². The zero-order chi connectivity index (χ0) is 32.9. The maximum Gasteiger partial charge on any atom is 2.00 e. The normalized spacial score (nSPS) is 21.0. The third-order valence-electron chi connectivity index (χ3n) is 8.31. The van der Waals surface area contributed by atoms with Crippen molar-refractivity contribution in [2.45, 2.75) is 22.1 Å². The fourth-order valence-electron chi connectivity index (χ4n) is 6.10. The van der Waals surface area contributed by atoms with E-state index >= 15 is 0 Å². The Morgan fingerprint density at radius 2 is 0.959 bits per heavy atom. The third-order valence-corrected chi connectivity index (χ3v) is 9.98. The van der Waals surface area contributed by atoms with Crippen molar-refractivity contribution in [2.24, 2.45) is 30.0 Å². The molecule has 0 spiro atoms. The number of aromatic nitrogens is 1. The largest absolute Gasteiger partial charge is 2.00 e. The fourth-order valence-corrected chi connectivity index (χ4v) is 7.10. The van der Waals surface area contributed by atoms with Gasteiger partial charge in [-0.1, -0.05) is 54.6 Å². The summed E-state index contributed by atoms with van der Waals surface area (Å²) in [4.78, 5) is 32.3. The molecule has 0 aliphatic carbocycles. The number of fused-ring (bicyclic) bond motifs is 18. The van der Waals surface area contributed by atoms with Crippen molar-refractivity contribution in [1.29, 1.82) is 0 Å². The number of nitrogens with zero attached hydrogens (tertiary/aromatic N) is 8. The number of hydrogen-bond acceptors (Lipinski definition) is 12. The molecule has 17 heteroatoms. The molecule has 5 aromatic rings. The Labute approximate surface area is 287 Å². The average molecular weight is 736 g/mol. The summed E-state index contributed by atoms with van der Waals surface area (Å²) < 4.78 is 71.8. The molecule has 5 heterocycles. The summed E-state index contributed by atoms with van der Waals surface area (Å²) in [6, 6.07) is 22.3. The predicted molar refractivity (Wildman–Crippen MR) is 170 cm³/mol. The van der Waals surface area contributed by atoms with Crippen molar-refractivity contribution >= 4 is 54.4 Å². The van der Waals surface area contributed by atoms with Crippen molar-refractivity contribution in [1.82, 2.24) is 4.98 Å². The van der Waals surface area contributed by atoms with Crippen LogP contribution < -0.4 is 16.0 Å². The first-order valence-corrected chi connectivity index (χ1v) is 17.1. The Bertz CT molecular complexity index is 2790.